The molecule has 38 heavy (non-hydrogen) atoms. The Bertz CT molecular complexity index is 1430. The number of carbonyl (C=O) groups excluding carboxylic acids is 4. The number of hydrogen-bond donors (Lipinski definition) is 1. The van der Waals surface area contributed by atoms with Gasteiger partial charge in [0.2, 0.25) is 6.79 Å². The maximum absolute atomic E-state index is 13.0. The summed E-state index contributed by atoms with van der Waals surface area (Å²) in [6, 6.07) is 16.1. The number of nitrogens with one attached hydrogen (secondary N) is 1. The van der Waals surface area contributed by atoms with Gasteiger partial charge in [-0.15, -0.1) is 0 Å². The molecular formula is C28H24N2O8. The zero-order valence-electron chi connectivity index (χ0n) is 20.7. The van der Waals surface area contributed by atoms with E-state index in [1.54, 1.807) is 42.5 Å². The maximum Gasteiger partial charge on any atom is 0.338 e. The van der Waals surface area contributed by atoms with Crippen molar-refractivity contribution in [1.82, 2.24) is 4.90 Å². The molecule has 1 atom stereocenters. The van der Waals surface area contributed by atoms with E-state index in [2.05, 4.69) is 5.32 Å². The van der Waals surface area contributed by atoms with Crippen LogP contribution in [0.5, 0.6) is 17.2 Å². The third kappa shape index (κ3) is 4.88. The number of fused-ring (bicyclic) bond motifs is 2. The number of nitrogens with zero attached hydrogens (tertiary/aromatic N) is 1. The second-order valence-corrected chi connectivity index (χ2v) is 8.64. The van der Waals surface area contributed by atoms with E-state index in [0.717, 1.165) is 4.90 Å². The topological polar surface area (TPSA) is 120 Å². The highest BCUT2D eigenvalue weighted by Gasteiger charge is 2.36. The second kappa shape index (κ2) is 10.3. The molecule has 0 aliphatic carbocycles. The van der Waals surface area contributed by atoms with Crippen LogP contribution in [0.2, 0.25) is 0 Å². The van der Waals surface area contributed by atoms with Crippen molar-refractivity contribution in [3.63, 3.8) is 0 Å². The molecule has 0 bridgehead atoms. The second-order valence-electron chi connectivity index (χ2n) is 8.64. The molecule has 194 valence electrons. The predicted octanol–water partition coefficient (Wildman–Crippen LogP) is 3.79. The molecule has 10 nitrogen and oxygen atoms in total. The van der Waals surface area contributed by atoms with Gasteiger partial charge in [0.05, 0.1) is 29.8 Å². The zero-order chi connectivity index (χ0) is 26.8. The molecule has 1 unspecified atom stereocenters. The van der Waals surface area contributed by atoms with E-state index in [1.807, 2.05) is 6.92 Å². The van der Waals surface area contributed by atoms with Crippen molar-refractivity contribution in [3.8, 4) is 17.2 Å². The number of benzene rings is 3. The summed E-state index contributed by atoms with van der Waals surface area (Å²) in [5.74, 6) is -0.499. The molecule has 3 amide bonds. The van der Waals surface area contributed by atoms with Crippen molar-refractivity contribution >= 4 is 29.4 Å². The van der Waals surface area contributed by atoms with E-state index in [4.69, 9.17) is 18.9 Å². The Hall–Kier alpha value is -4.86. The summed E-state index contributed by atoms with van der Waals surface area (Å²) in [7, 11) is 0. The Kier molecular flexibility index (Phi) is 6.69. The quantitative estimate of drug-likeness (QED) is 0.355. The maximum atomic E-state index is 13.0. The van der Waals surface area contributed by atoms with Gasteiger partial charge in [0.1, 0.15) is 5.75 Å². The first-order chi connectivity index (χ1) is 18.3. The molecule has 10 heteroatoms. The average molecular weight is 517 g/mol. The van der Waals surface area contributed by atoms with Crippen LogP contribution < -0.4 is 19.5 Å². The van der Waals surface area contributed by atoms with E-state index in [1.165, 1.54) is 25.1 Å². The van der Waals surface area contributed by atoms with Gasteiger partial charge in [-0.25, -0.2) is 4.79 Å². The van der Waals surface area contributed by atoms with Gasteiger partial charge < -0.3 is 24.3 Å². The predicted molar refractivity (Wildman–Crippen MR) is 134 cm³/mol. The van der Waals surface area contributed by atoms with Crippen molar-refractivity contribution < 1.29 is 38.1 Å². The van der Waals surface area contributed by atoms with Crippen LogP contribution >= 0.6 is 0 Å². The van der Waals surface area contributed by atoms with Crippen LogP contribution in [0.3, 0.4) is 0 Å². The third-order valence-electron chi connectivity index (χ3n) is 6.07. The van der Waals surface area contributed by atoms with Crippen molar-refractivity contribution in [1.29, 1.82) is 0 Å². The van der Waals surface area contributed by atoms with E-state index < -0.39 is 29.8 Å². The van der Waals surface area contributed by atoms with Crippen LogP contribution in [0, 0.1) is 0 Å². The van der Waals surface area contributed by atoms with Crippen molar-refractivity contribution in [2.24, 2.45) is 0 Å². The Morgan fingerprint density at radius 3 is 2.45 bits per heavy atom. The fourth-order valence-electron chi connectivity index (χ4n) is 4.11. The summed E-state index contributed by atoms with van der Waals surface area (Å²) < 4.78 is 21.3. The summed E-state index contributed by atoms with van der Waals surface area (Å²) in [5, 5.41) is 2.67. The lowest BCUT2D eigenvalue weighted by atomic mass is 10.1. The van der Waals surface area contributed by atoms with Crippen molar-refractivity contribution in [3.05, 3.63) is 82.9 Å². The summed E-state index contributed by atoms with van der Waals surface area (Å²) in [4.78, 5) is 52.3. The zero-order valence-corrected chi connectivity index (χ0v) is 20.7. The summed E-state index contributed by atoms with van der Waals surface area (Å²) in [6.07, 6.45) is -1.11. The number of hydrogen-bond acceptors (Lipinski definition) is 8. The average Bonchev–Trinajstić information content (AvgIpc) is 3.48. The normalized spacial score (nSPS) is 14.2. The molecule has 2 aliphatic heterocycles. The summed E-state index contributed by atoms with van der Waals surface area (Å²) >= 11 is 0. The number of amides is 3. The minimum absolute atomic E-state index is 0.0333. The van der Waals surface area contributed by atoms with Crippen LogP contribution in [0.15, 0.2) is 60.7 Å². The van der Waals surface area contributed by atoms with Crippen LogP contribution in [0.1, 0.15) is 50.5 Å². The van der Waals surface area contributed by atoms with Gasteiger partial charge in [0, 0.05) is 5.69 Å². The van der Waals surface area contributed by atoms with Crippen LogP contribution in [0.4, 0.5) is 5.69 Å². The minimum Gasteiger partial charge on any atom is -0.494 e. The Balaban J connectivity index is 1.23. The fraction of sp³-hybridized carbons (Fsp3) is 0.214. The standard InChI is InChI=1S/C28H24N2O8/c1-3-35-20-8-6-19(7-9-20)29-25(31)16(2)38-28(34)18-5-10-21-22(13-18)27(33)30(26(21)32)14-17-4-11-23-24(12-17)37-15-36-23/h4-13,16H,3,14-15H2,1-2H3,(H,29,31). The number of imide groups is 1. The van der Waals surface area contributed by atoms with E-state index in [9.17, 15) is 19.2 Å². The molecule has 2 heterocycles. The largest absolute Gasteiger partial charge is 0.494 e. The highest BCUT2D eigenvalue weighted by atomic mass is 16.7. The first kappa shape index (κ1) is 24.8. The van der Waals surface area contributed by atoms with Crippen LogP contribution in [0.25, 0.3) is 0 Å². The monoisotopic (exact) mass is 516 g/mol. The van der Waals surface area contributed by atoms with Crippen LogP contribution in [-0.2, 0) is 16.1 Å². The fourth-order valence-corrected chi connectivity index (χ4v) is 4.11. The molecule has 0 saturated carbocycles. The molecule has 0 fully saturated rings. The number of rotatable bonds is 8. The molecule has 0 aromatic heterocycles. The SMILES string of the molecule is CCOc1ccc(NC(=O)C(C)OC(=O)c2ccc3c(c2)C(=O)N(Cc2ccc4c(c2)OCO4)C3=O)cc1. The van der Waals surface area contributed by atoms with Gasteiger partial charge in [0.25, 0.3) is 17.7 Å². The Morgan fingerprint density at radius 2 is 1.68 bits per heavy atom. The van der Waals surface area contributed by atoms with E-state index >= 15 is 0 Å². The first-order valence-corrected chi connectivity index (χ1v) is 12.0. The van der Waals surface area contributed by atoms with Crippen molar-refractivity contribution in [2.75, 3.05) is 18.7 Å². The Labute approximate surface area is 218 Å². The van der Waals surface area contributed by atoms with Gasteiger partial charge in [-0.1, -0.05) is 6.07 Å². The minimum atomic E-state index is -1.11. The van der Waals surface area contributed by atoms with Gasteiger partial charge in [-0.3, -0.25) is 19.3 Å². The first-order valence-electron chi connectivity index (χ1n) is 12.0. The highest BCUT2D eigenvalue weighted by molar-refractivity contribution is 6.21. The molecule has 1 N–H and O–H groups in total. The molecule has 0 radical (unpaired) electrons. The lowest BCUT2D eigenvalue weighted by molar-refractivity contribution is -0.123. The number of ether oxygens (including phenoxy) is 4. The van der Waals surface area contributed by atoms with Gasteiger partial charge >= 0.3 is 5.97 Å². The summed E-state index contributed by atoms with van der Waals surface area (Å²) in [5.41, 5.74) is 1.54. The lowest BCUT2D eigenvalue weighted by Gasteiger charge is -2.14. The Morgan fingerprint density at radius 1 is 0.947 bits per heavy atom. The van der Waals surface area contributed by atoms with Crippen molar-refractivity contribution in [2.45, 2.75) is 26.5 Å². The van der Waals surface area contributed by atoms with Gasteiger partial charge in [-0.2, -0.15) is 0 Å². The molecule has 5 rings (SSSR count). The smallest absolute Gasteiger partial charge is 0.338 e. The molecule has 2 aliphatic rings. The molecule has 3 aromatic rings. The molecular weight excluding hydrogens is 492 g/mol. The number of anilines is 1. The summed E-state index contributed by atoms with van der Waals surface area (Å²) in [6.45, 7) is 3.99. The highest BCUT2D eigenvalue weighted by Crippen LogP contribution is 2.34. The number of carbonyl (C=O) groups is 4. The van der Waals surface area contributed by atoms with E-state index in [0.29, 0.717) is 35.1 Å². The molecule has 0 spiro atoms. The van der Waals surface area contributed by atoms with E-state index in [-0.39, 0.29) is 30.0 Å². The van der Waals surface area contributed by atoms with Crippen LogP contribution in [-0.4, -0.2) is 48.1 Å². The number of esters is 1. The third-order valence-corrected chi connectivity index (χ3v) is 6.07. The van der Waals surface area contributed by atoms with Gasteiger partial charge in [0.15, 0.2) is 17.6 Å². The molecule has 3 aromatic carbocycles. The molecule has 0 saturated heterocycles. The van der Waals surface area contributed by atoms with Gasteiger partial charge in [-0.05, 0) is 74.0 Å². The lowest BCUT2D eigenvalue weighted by Crippen LogP contribution is -2.30.